The number of rotatable bonds is 4. The molecule has 0 bridgehead atoms. The first kappa shape index (κ1) is 14.5. The molecule has 1 heterocycles. The van der Waals surface area contributed by atoms with Crippen molar-refractivity contribution >= 4 is 31.9 Å². The molecule has 1 atom stereocenters. The van der Waals surface area contributed by atoms with E-state index < -0.39 is 6.10 Å². The molecule has 0 spiro atoms. The lowest BCUT2D eigenvalue weighted by Gasteiger charge is -2.12. The van der Waals surface area contributed by atoms with Gasteiger partial charge in [-0.1, -0.05) is 12.1 Å². The average Bonchev–Trinajstić information content (AvgIpc) is 2.38. The minimum absolute atomic E-state index is 0.491. The fraction of sp³-hybridized carbons (Fsp3) is 0.214. The predicted octanol–water partition coefficient (Wildman–Crippen LogP) is 3.89. The van der Waals surface area contributed by atoms with Crippen molar-refractivity contribution in [3.63, 3.8) is 0 Å². The van der Waals surface area contributed by atoms with Gasteiger partial charge in [-0.15, -0.1) is 0 Å². The molecule has 1 N–H and O–H groups in total. The van der Waals surface area contributed by atoms with Gasteiger partial charge >= 0.3 is 0 Å². The molecule has 5 heteroatoms. The topological polar surface area (TPSA) is 42.4 Å². The predicted molar refractivity (Wildman–Crippen MR) is 81.3 cm³/mol. The van der Waals surface area contributed by atoms with Gasteiger partial charge in [0.1, 0.15) is 11.9 Å². The molecule has 0 aliphatic heterocycles. The van der Waals surface area contributed by atoms with Crippen molar-refractivity contribution in [2.24, 2.45) is 0 Å². The number of methoxy groups -OCH3 is 1. The number of ether oxygens (including phenoxy) is 1. The third kappa shape index (κ3) is 3.78. The first-order valence-electron chi connectivity index (χ1n) is 5.72. The Balaban J connectivity index is 2.17. The Morgan fingerprint density at radius 2 is 2.11 bits per heavy atom. The Morgan fingerprint density at radius 3 is 2.79 bits per heavy atom. The second kappa shape index (κ2) is 6.50. The van der Waals surface area contributed by atoms with E-state index in [2.05, 4.69) is 36.8 Å². The molecule has 1 aromatic heterocycles. The molecule has 3 nitrogen and oxygen atoms in total. The van der Waals surface area contributed by atoms with Crippen LogP contribution in [0, 0.1) is 0 Å². The van der Waals surface area contributed by atoms with Gasteiger partial charge in [-0.05, 0) is 55.6 Å². The highest BCUT2D eigenvalue weighted by Crippen LogP contribution is 2.27. The number of nitrogens with zero attached hydrogens (tertiary/aromatic N) is 1. The SMILES string of the molecule is COc1cccc(CC(O)c2ncc(Br)cc2Br)c1. The number of benzene rings is 1. The van der Waals surface area contributed by atoms with Crippen LogP contribution >= 0.6 is 31.9 Å². The normalized spacial score (nSPS) is 12.2. The Morgan fingerprint density at radius 1 is 1.32 bits per heavy atom. The summed E-state index contributed by atoms with van der Waals surface area (Å²) in [4.78, 5) is 4.24. The number of hydrogen-bond acceptors (Lipinski definition) is 3. The van der Waals surface area contributed by atoms with E-state index in [1.54, 1.807) is 13.3 Å². The zero-order valence-corrected chi connectivity index (χ0v) is 13.5. The minimum atomic E-state index is -0.658. The molecule has 0 saturated heterocycles. The Hall–Kier alpha value is -0.910. The summed E-state index contributed by atoms with van der Waals surface area (Å²) in [5.41, 5.74) is 1.63. The number of hydrogen-bond donors (Lipinski definition) is 1. The summed E-state index contributed by atoms with van der Waals surface area (Å²) in [6, 6.07) is 9.53. The molecular weight excluding hydrogens is 374 g/mol. The summed E-state index contributed by atoms with van der Waals surface area (Å²) in [5.74, 6) is 0.785. The van der Waals surface area contributed by atoms with Gasteiger partial charge in [0, 0.05) is 21.6 Å². The van der Waals surface area contributed by atoms with Gasteiger partial charge in [0.15, 0.2) is 0 Å². The van der Waals surface area contributed by atoms with Crippen LogP contribution in [0.1, 0.15) is 17.4 Å². The molecule has 0 amide bonds. The number of aromatic nitrogens is 1. The van der Waals surface area contributed by atoms with Crippen LogP contribution in [0.2, 0.25) is 0 Å². The molecule has 0 saturated carbocycles. The lowest BCUT2D eigenvalue weighted by Crippen LogP contribution is -2.05. The standard InChI is InChI=1S/C14H13Br2NO2/c1-19-11-4-2-3-9(5-11)6-13(18)14-12(16)7-10(15)8-17-14/h2-5,7-8,13,18H,6H2,1H3. The fourth-order valence-electron chi connectivity index (χ4n) is 1.79. The largest absolute Gasteiger partial charge is 0.497 e. The maximum Gasteiger partial charge on any atom is 0.119 e. The van der Waals surface area contributed by atoms with Crippen LogP contribution in [0.25, 0.3) is 0 Å². The van der Waals surface area contributed by atoms with E-state index in [0.29, 0.717) is 12.1 Å². The summed E-state index contributed by atoms with van der Waals surface area (Å²) < 4.78 is 6.83. The van der Waals surface area contributed by atoms with Crippen molar-refractivity contribution in [3.8, 4) is 5.75 Å². The van der Waals surface area contributed by atoms with Gasteiger partial charge in [0.2, 0.25) is 0 Å². The van der Waals surface area contributed by atoms with Crippen molar-refractivity contribution in [1.82, 2.24) is 4.98 Å². The summed E-state index contributed by atoms with van der Waals surface area (Å²) in [5, 5.41) is 10.3. The summed E-state index contributed by atoms with van der Waals surface area (Å²) in [6.07, 6.45) is 1.51. The summed E-state index contributed by atoms with van der Waals surface area (Å²) in [6.45, 7) is 0. The molecule has 1 unspecified atom stereocenters. The molecule has 1 aromatic carbocycles. The number of pyridine rings is 1. The van der Waals surface area contributed by atoms with Crippen molar-refractivity contribution in [3.05, 3.63) is 56.7 Å². The zero-order chi connectivity index (χ0) is 13.8. The second-order valence-electron chi connectivity index (χ2n) is 4.09. The van der Waals surface area contributed by atoms with Crippen LogP contribution < -0.4 is 4.74 Å². The van der Waals surface area contributed by atoms with Crippen molar-refractivity contribution in [1.29, 1.82) is 0 Å². The Labute approximate surface area is 128 Å². The molecule has 0 aliphatic carbocycles. The first-order valence-corrected chi connectivity index (χ1v) is 7.30. The van der Waals surface area contributed by atoms with Crippen LogP contribution in [0.15, 0.2) is 45.5 Å². The van der Waals surface area contributed by atoms with E-state index >= 15 is 0 Å². The van der Waals surface area contributed by atoms with E-state index in [-0.39, 0.29) is 0 Å². The van der Waals surface area contributed by atoms with Gasteiger partial charge in [0.25, 0.3) is 0 Å². The number of halogens is 2. The fourth-order valence-corrected chi connectivity index (χ4v) is 3.04. The van der Waals surface area contributed by atoms with E-state index in [4.69, 9.17) is 4.74 Å². The molecule has 2 aromatic rings. The van der Waals surface area contributed by atoms with Crippen LogP contribution in [0.4, 0.5) is 0 Å². The summed E-state index contributed by atoms with van der Waals surface area (Å²) >= 11 is 6.75. The van der Waals surface area contributed by atoms with Crippen LogP contribution in [0.3, 0.4) is 0 Å². The lowest BCUT2D eigenvalue weighted by atomic mass is 10.1. The minimum Gasteiger partial charge on any atom is -0.497 e. The number of aliphatic hydroxyl groups is 1. The van der Waals surface area contributed by atoms with E-state index in [1.165, 1.54) is 0 Å². The van der Waals surface area contributed by atoms with E-state index in [1.807, 2.05) is 30.3 Å². The van der Waals surface area contributed by atoms with E-state index in [0.717, 1.165) is 20.3 Å². The van der Waals surface area contributed by atoms with Crippen molar-refractivity contribution in [2.75, 3.05) is 7.11 Å². The average molecular weight is 387 g/mol. The highest BCUT2D eigenvalue weighted by Gasteiger charge is 2.14. The van der Waals surface area contributed by atoms with Crippen LogP contribution in [0.5, 0.6) is 5.75 Å². The smallest absolute Gasteiger partial charge is 0.119 e. The van der Waals surface area contributed by atoms with Gasteiger partial charge in [0.05, 0.1) is 12.8 Å². The Bertz CT molecular complexity index is 575. The van der Waals surface area contributed by atoms with Gasteiger partial charge < -0.3 is 9.84 Å². The zero-order valence-electron chi connectivity index (χ0n) is 10.3. The lowest BCUT2D eigenvalue weighted by molar-refractivity contribution is 0.172. The highest BCUT2D eigenvalue weighted by molar-refractivity contribution is 9.11. The maximum atomic E-state index is 10.3. The first-order chi connectivity index (χ1) is 9.10. The second-order valence-corrected chi connectivity index (χ2v) is 5.86. The summed E-state index contributed by atoms with van der Waals surface area (Å²) in [7, 11) is 1.63. The molecule has 0 radical (unpaired) electrons. The van der Waals surface area contributed by atoms with Crippen molar-refractivity contribution in [2.45, 2.75) is 12.5 Å². The molecular formula is C14H13Br2NO2. The van der Waals surface area contributed by atoms with Crippen LogP contribution in [-0.2, 0) is 6.42 Å². The monoisotopic (exact) mass is 385 g/mol. The molecule has 0 aliphatic rings. The molecule has 0 fully saturated rings. The van der Waals surface area contributed by atoms with Gasteiger partial charge in [-0.25, -0.2) is 0 Å². The molecule has 100 valence electrons. The van der Waals surface area contributed by atoms with Crippen molar-refractivity contribution < 1.29 is 9.84 Å². The molecule has 19 heavy (non-hydrogen) atoms. The third-order valence-electron chi connectivity index (χ3n) is 2.72. The third-order valence-corrected chi connectivity index (χ3v) is 3.78. The van der Waals surface area contributed by atoms with Gasteiger partial charge in [-0.3, -0.25) is 4.98 Å². The highest BCUT2D eigenvalue weighted by atomic mass is 79.9. The molecule has 2 rings (SSSR count). The van der Waals surface area contributed by atoms with E-state index in [9.17, 15) is 5.11 Å². The Kier molecular flexibility index (Phi) is 4.96. The number of aliphatic hydroxyl groups excluding tert-OH is 1. The van der Waals surface area contributed by atoms with Crippen LogP contribution in [-0.4, -0.2) is 17.2 Å². The van der Waals surface area contributed by atoms with Gasteiger partial charge in [-0.2, -0.15) is 0 Å². The quantitative estimate of drug-likeness (QED) is 0.866. The maximum absolute atomic E-state index is 10.3.